The third-order valence-corrected chi connectivity index (χ3v) is 2.95. The predicted molar refractivity (Wildman–Crippen MR) is 69.8 cm³/mol. The van der Waals surface area contributed by atoms with Crippen molar-refractivity contribution < 1.29 is 13.9 Å². The van der Waals surface area contributed by atoms with Crippen LogP contribution in [0.15, 0.2) is 9.21 Å². The maximum absolute atomic E-state index is 12.3. The van der Waals surface area contributed by atoms with Crippen LogP contribution in [0.2, 0.25) is 0 Å². The Morgan fingerprint density at radius 1 is 1.11 bits per heavy atom. The third-order valence-electron chi connectivity index (χ3n) is 2.95. The van der Waals surface area contributed by atoms with Crippen LogP contribution >= 0.6 is 0 Å². The van der Waals surface area contributed by atoms with Gasteiger partial charge in [0.2, 0.25) is 0 Å². The Balaban J connectivity index is 3.21. The van der Waals surface area contributed by atoms with E-state index in [9.17, 15) is 4.79 Å². The van der Waals surface area contributed by atoms with E-state index >= 15 is 0 Å². The lowest BCUT2D eigenvalue weighted by atomic mass is 10.0. The van der Waals surface area contributed by atoms with Gasteiger partial charge in [-0.05, 0) is 19.8 Å². The fraction of sp³-hybridized carbons (Fsp3) is 0.643. The molecule has 0 N–H and O–H groups in total. The molecule has 0 fully saturated rings. The molecule has 102 valence electrons. The zero-order chi connectivity index (χ0) is 13.5. The van der Waals surface area contributed by atoms with Crippen LogP contribution in [0.3, 0.4) is 0 Å². The van der Waals surface area contributed by atoms with E-state index in [0.29, 0.717) is 30.3 Å². The minimum absolute atomic E-state index is 0.0637. The van der Waals surface area contributed by atoms with Gasteiger partial charge in [0.1, 0.15) is 24.7 Å². The van der Waals surface area contributed by atoms with Crippen LogP contribution in [0, 0.1) is 6.92 Å². The van der Waals surface area contributed by atoms with E-state index in [2.05, 4.69) is 6.92 Å². The molecule has 0 bridgehead atoms. The molecule has 0 aromatic carbocycles. The first-order valence-corrected chi connectivity index (χ1v) is 6.27. The van der Waals surface area contributed by atoms with Gasteiger partial charge in [0.25, 0.3) is 0 Å². The molecule has 0 radical (unpaired) electrons. The fourth-order valence-corrected chi connectivity index (χ4v) is 1.89. The van der Waals surface area contributed by atoms with Gasteiger partial charge in [0.05, 0.1) is 0 Å². The molecule has 0 spiro atoms. The van der Waals surface area contributed by atoms with E-state index in [1.54, 1.807) is 21.1 Å². The topological polar surface area (TPSA) is 48.7 Å². The molecule has 0 amide bonds. The average Bonchev–Trinajstić information content (AvgIpc) is 2.36. The summed E-state index contributed by atoms with van der Waals surface area (Å²) in [6.45, 7) is 4.52. The molecule has 0 atom stereocenters. The maximum Gasteiger partial charge on any atom is 0.191 e. The van der Waals surface area contributed by atoms with Gasteiger partial charge in [-0.25, -0.2) is 0 Å². The van der Waals surface area contributed by atoms with E-state index in [-0.39, 0.29) is 5.43 Å². The van der Waals surface area contributed by atoms with Gasteiger partial charge in [-0.2, -0.15) is 0 Å². The molecule has 1 heterocycles. The second kappa shape index (κ2) is 7.34. The molecule has 0 aliphatic heterocycles. The monoisotopic (exact) mass is 254 g/mol. The zero-order valence-corrected chi connectivity index (χ0v) is 11.7. The van der Waals surface area contributed by atoms with Crippen molar-refractivity contribution in [3.63, 3.8) is 0 Å². The van der Waals surface area contributed by atoms with Crippen LogP contribution in [0.5, 0.6) is 0 Å². The molecular weight excluding hydrogens is 232 g/mol. The molecule has 0 aliphatic rings. The van der Waals surface area contributed by atoms with Gasteiger partial charge >= 0.3 is 0 Å². The van der Waals surface area contributed by atoms with Crippen molar-refractivity contribution in [1.82, 2.24) is 0 Å². The van der Waals surface area contributed by atoms with Gasteiger partial charge in [-0.3, -0.25) is 4.79 Å². The Kier molecular flexibility index (Phi) is 6.09. The molecule has 18 heavy (non-hydrogen) atoms. The summed E-state index contributed by atoms with van der Waals surface area (Å²) in [5.41, 5.74) is 1.45. The largest absolute Gasteiger partial charge is 0.460 e. The Labute approximate surface area is 108 Å². The summed E-state index contributed by atoms with van der Waals surface area (Å²) in [7, 11) is 3.18. The molecular formula is C14H22O4. The molecule has 0 saturated carbocycles. The number of unbranched alkanes of at least 4 members (excludes halogenated alkanes) is 1. The second-order valence-corrected chi connectivity index (χ2v) is 4.35. The van der Waals surface area contributed by atoms with Gasteiger partial charge in [-0.15, -0.1) is 0 Å². The van der Waals surface area contributed by atoms with Crippen molar-refractivity contribution in [2.75, 3.05) is 14.2 Å². The molecule has 4 heteroatoms. The summed E-state index contributed by atoms with van der Waals surface area (Å²) in [5, 5.41) is 0. The second-order valence-electron chi connectivity index (χ2n) is 4.35. The number of ether oxygens (including phenoxy) is 2. The van der Waals surface area contributed by atoms with Crippen molar-refractivity contribution in [1.29, 1.82) is 0 Å². The van der Waals surface area contributed by atoms with Gasteiger partial charge in [0.15, 0.2) is 5.43 Å². The van der Waals surface area contributed by atoms with Crippen molar-refractivity contribution in [2.45, 2.75) is 46.3 Å². The van der Waals surface area contributed by atoms with Crippen molar-refractivity contribution in [3.8, 4) is 0 Å². The fourth-order valence-electron chi connectivity index (χ4n) is 1.89. The van der Waals surface area contributed by atoms with E-state index in [0.717, 1.165) is 24.8 Å². The number of rotatable bonds is 7. The predicted octanol–water partition coefficient (Wildman–Crippen LogP) is 2.58. The molecule has 4 nitrogen and oxygen atoms in total. The summed E-state index contributed by atoms with van der Waals surface area (Å²) in [6.07, 6.45) is 2.76. The summed E-state index contributed by atoms with van der Waals surface area (Å²) in [6, 6.07) is 0. The van der Waals surface area contributed by atoms with Crippen LogP contribution < -0.4 is 5.43 Å². The molecule has 1 rings (SSSR count). The quantitative estimate of drug-likeness (QED) is 0.750. The van der Waals surface area contributed by atoms with Gasteiger partial charge in [0, 0.05) is 25.3 Å². The summed E-state index contributed by atoms with van der Waals surface area (Å²) in [5.74, 6) is 1.23. The Morgan fingerprint density at radius 3 is 2.28 bits per heavy atom. The van der Waals surface area contributed by atoms with Crippen LogP contribution in [-0.4, -0.2) is 14.2 Å². The molecule has 0 saturated heterocycles. The van der Waals surface area contributed by atoms with E-state index < -0.39 is 0 Å². The minimum Gasteiger partial charge on any atom is -0.460 e. The average molecular weight is 254 g/mol. The summed E-state index contributed by atoms with van der Waals surface area (Å²) < 4.78 is 15.9. The Morgan fingerprint density at radius 2 is 1.72 bits per heavy atom. The Hall–Kier alpha value is -1.13. The lowest BCUT2D eigenvalue weighted by molar-refractivity contribution is 0.136. The highest BCUT2D eigenvalue weighted by molar-refractivity contribution is 5.26. The maximum atomic E-state index is 12.3. The lowest BCUT2D eigenvalue weighted by Crippen LogP contribution is -2.18. The number of hydrogen-bond acceptors (Lipinski definition) is 4. The van der Waals surface area contributed by atoms with E-state index in [1.165, 1.54) is 0 Å². The van der Waals surface area contributed by atoms with Crippen molar-refractivity contribution >= 4 is 0 Å². The third kappa shape index (κ3) is 3.43. The normalized spacial score (nSPS) is 10.9. The number of methoxy groups -OCH3 is 2. The highest BCUT2D eigenvalue weighted by atomic mass is 16.5. The summed E-state index contributed by atoms with van der Waals surface area (Å²) in [4.78, 5) is 12.3. The SMILES string of the molecule is CCCCc1c(COC)oc(COC)c(C)c1=O. The molecule has 0 aliphatic carbocycles. The first-order chi connectivity index (χ1) is 8.65. The first kappa shape index (κ1) is 14.9. The molecule has 1 aromatic rings. The molecule has 0 unspecified atom stereocenters. The lowest BCUT2D eigenvalue weighted by Gasteiger charge is -2.11. The van der Waals surface area contributed by atoms with E-state index in [4.69, 9.17) is 13.9 Å². The Bertz CT molecular complexity index is 434. The zero-order valence-electron chi connectivity index (χ0n) is 11.7. The molecule has 1 aromatic heterocycles. The smallest absolute Gasteiger partial charge is 0.191 e. The standard InChI is InChI=1S/C14H22O4/c1-5-6-7-11-13(9-17-4)18-12(8-16-3)10(2)14(11)15/h5-9H2,1-4H3. The van der Waals surface area contributed by atoms with Crippen molar-refractivity contribution in [2.24, 2.45) is 0 Å². The van der Waals surface area contributed by atoms with Crippen LogP contribution in [0.4, 0.5) is 0 Å². The first-order valence-electron chi connectivity index (χ1n) is 6.27. The van der Waals surface area contributed by atoms with Gasteiger partial charge < -0.3 is 13.9 Å². The minimum atomic E-state index is 0.0637. The van der Waals surface area contributed by atoms with Crippen LogP contribution in [0.25, 0.3) is 0 Å². The number of hydrogen-bond donors (Lipinski definition) is 0. The summed E-state index contributed by atoms with van der Waals surface area (Å²) >= 11 is 0. The highest BCUT2D eigenvalue weighted by Gasteiger charge is 2.15. The van der Waals surface area contributed by atoms with E-state index in [1.807, 2.05) is 0 Å². The highest BCUT2D eigenvalue weighted by Crippen LogP contribution is 2.16. The van der Waals surface area contributed by atoms with Crippen LogP contribution in [0.1, 0.15) is 42.4 Å². The van der Waals surface area contributed by atoms with Gasteiger partial charge in [-0.1, -0.05) is 13.3 Å². The van der Waals surface area contributed by atoms with Crippen LogP contribution in [-0.2, 0) is 29.1 Å². The van der Waals surface area contributed by atoms with Crippen molar-refractivity contribution in [3.05, 3.63) is 32.9 Å².